The van der Waals surface area contributed by atoms with E-state index in [1.54, 1.807) is 0 Å². The predicted octanol–water partition coefficient (Wildman–Crippen LogP) is 2.94. The van der Waals surface area contributed by atoms with Crippen LogP contribution in [0.1, 0.15) is 32.3 Å². The molecule has 0 radical (unpaired) electrons. The Morgan fingerprint density at radius 3 is 2.74 bits per heavy atom. The van der Waals surface area contributed by atoms with Gasteiger partial charge in [-0.05, 0) is 64.2 Å². The lowest BCUT2D eigenvalue weighted by Gasteiger charge is -2.20. The zero-order valence-corrected chi connectivity index (χ0v) is 12.4. The minimum atomic E-state index is 0.711. The van der Waals surface area contributed by atoms with Crippen molar-refractivity contribution in [2.24, 2.45) is 5.92 Å². The molecule has 106 valence electrons. The highest BCUT2D eigenvalue weighted by Gasteiger charge is 2.23. The molecule has 0 aromatic heterocycles. The van der Waals surface area contributed by atoms with Gasteiger partial charge in [0.05, 0.1) is 0 Å². The Morgan fingerprint density at radius 2 is 2.05 bits per heavy atom. The van der Waals surface area contributed by atoms with Gasteiger partial charge in [-0.2, -0.15) is 0 Å². The Labute approximate surface area is 118 Å². The monoisotopic (exact) mass is 260 g/mol. The van der Waals surface area contributed by atoms with Crippen molar-refractivity contribution < 1.29 is 0 Å². The van der Waals surface area contributed by atoms with Gasteiger partial charge in [-0.3, -0.25) is 0 Å². The predicted molar refractivity (Wildman–Crippen MR) is 82.4 cm³/mol. The Hall–Kier alpha value is -0.860. The van der Waals surface area contributed by atoms with E-state index in [1.165, 1.54) is 44.5 Å². The highest BCUT2D eigenvalue weighted by Crippen LogP contribution is 2.17. The molecule has 1 atom stereocenters. The summed E-state index contributed by atoms with van der Waals surface area (Å²) >= 11 is 0. The highest BCUT2D eigenvalue weighted by atomic mass is 15.2. The van der Waals surface area contributed by atoms with Crippen molar-refractivity contribution in [3.8, 4) is 0 Å². The van der Waals surface area contributed by atoms with Gasteiger partial charge >= 0.3 is 0 Å². The number of hydrogen-bond donors (Lipinski definition) is 1. The van der Waals surface area contributed by atoms with Crippen LogP contribution in [0.25, 0.3) is 0 Å². The number of rotatable bonds is 7. The maximum absolute atomic E-state index is 3.63. The number of likely N-dealkylation sites (tertiary alicyclic amines) is 1. The maximum atomic E-state index is 3.63. The van der Waals surface area contributed by atoms with Crippen LogP contribution in [0.3, 0.4) is 0 Å². The minimum absolute atomic E-state index is 0.711. The normalized spacial score (nSPS) is 20.3. The van der Waals surface area contributed by atoms with E-state index in [-0.39, 0.29) is 0 Å². The van der Waals surface area contributed by atoms with Gasteiger partial charge < -0.3 is 10.2 Å². The third-order valence-corrected chi connectivity index (χ3v) is 4.14. The molecule has 2 nitrogen and oxygen atoms in total. The van der Waals surface area contributed by atoms with E-state index >= 15 is 0 Å². The molecule has 1 aromatic rings. The third-order valence-electron chi connectivity index (χ3n) is 4.14. The van der Waals surface area contributed by atoms with Crippen molar-refractivity contribution in [2.75, 3.05) is 26.2 Å². The summed E-state index contributed by atoms with van der Waals surface area (Å²) in [6, 6.07) is 11.5. The van der Waals surface area contributed by atoms with Crippen LogP contribution in [0.2, 0.25) is 0 Å². The molecule has 1 aliphatic rings. The molecule has 1 aromatic carbocycles. The second kappa shape index (κ2) is 7.66. The first-order valence-corrected chi connectivity index (χ1v) is 7.74. The lowest BCUT2D eigenvalue weighted by Crippen LogP contribution is -2.31. The van der Waals surface area contributed by atoms with Crippen molar-refractivity contribution in [3.05, 3.63) is 35.9 Å². The van der Waals surface area contributed by atoms with Gasteiger partial charge in [-0.25, -0.2) is 0 Å². The average molecular weight is 260 g/mol. The van der Waals surface area contributed by atoms with Gasteiger partial charge in [-0.1, -0.05) is 30.3 Å². The second-order valence-electron chi connectivity index (χ2n) is 6.04. The largest absolute Gasteiger partial charge is 0.316 e. The van der Waals surface area contributed by atoms with E-state index < -0.39 is 0 Å². The van der Waals surface area contributed by atoms with Crippen LogP contribution in [-0.2, 0) is 6.42 Å². The first kappa shape index (κ1) is 14.5. The van der Waals surface area contributed by atoms with Crippen LogP contribution < -0.4 is 5.32 Å². The first-order chi connectivity index (χ1) is 9.25. The van der Waals surface area contributed by atoms with Crippen molar-refractivity contribution in [1.29, 1.82) is 0 Å². The van der Waals surface area contributed by atoms with Gasteiger partial charge in [0.25, 0.3) is 0 Å². The number of benzene rings is 1. The van der Waals surface area contributed by atoms with Gasteiger partial charge in [-0.15, -0.1) is 0 Å². The molecule has 0 spiro atoms. The van der Waals surface area contributed by atoms with Crippen LogP contribution in [0.5, 0.6) is 0 Å². The fraction of sp³-hybridized carbons (Fsp3) is 0.647. The summed E-state index contributed by atoms with van der Waals surface area (Å²) in [4.78, 5) is 2.59. The van der Waals surface area contributed by atoms with E-state index in [4.69, 9.17) is 0 Å². The molecular formula is C17H28N2. The summed E-state index contributed by atoms with van der Waals surface area (Å²) in [6.07, 6.45) is 3.80. The molecule has 19 heavy (non-hydrogen) atoms. The molecule has 0 bridgehead atoms. The third kappa shape index (κ3) is 4.96. The van der Waals surface area contributed by atoms with Gasteiger partial charge in [0.15, 0.2) is 0 Å². The van der Waals surface area contributed by atoms with Crippen LogP contribution in [0, 0.1) is 5.92 Å². The molecular weight excluding hydrogens is 232 g/mol. The fourth-order valence-corrected chi connectivity index (χ4v) is 2.87. The quantitative estimate of drug-likeness (QED) is 0.758. The Kier molecular flexibility index (Phi) is 5.87. The van der Waals surface area contributed by atoms with Crippen molar-refractivity contribution in [2.45, 2.75) is 39.2 Å². The van der Waals surface area contributed by atoms with E-state index in [0.717, 1.165) is 12.5 Å². The van der Waals surface area contributed by atoms with Gasteiger partial charge in [0.2, 0.25) is 0 Å². The summed E-state index contributed by atoms with van der Waals surface area (Å²) in [5, 5.41) is 3.63. The molecule has 1 N–H and O–H groups in total. The molecule has 0 aliphatic carbocycles. The van der Waals surface area contributed by atoms with Crippen LogP contribution in [0.15, 0.2) is 30.3 Å². The van der Waals surface area contributed by atoms with E-state index in [0.29, 0.717) is 6.04 Å². The minimum Gasteiger partial charge on any atom is -0.316 e. The van der Waals surface area contributed by atoms with Gasteiger partial charge in [0, 0.05) is 12.6 Å². The number of aryl methyl sites for hydroxylation is 1. The molecule has 1 unspecified atom stereocenters. The summed E-state index contributed by atoms with van der Waals surface area (Å²) in [6.45, 7) is 9.51. The highest BCUT2D eigenvalue weighted by molar-refractivity contribution is 5.14. The van der Waals surface area contributed by atoms with Crippen LogP contribution in [0.4, 0.5) is 0 Å². The molecule has 2 rings (SSSR count). The molecule has 0 saturated carbocycles. The van der Waals surface area contributed by atoms with Crippen LogP contribution in [-0.4, -0.2) is 37.1 Å². The number of hydrogen-bond acceptors (Lipinski definition) is 2. The molecule has 0 amide bonds. The molecule has 1 aliphatic heterocycles. The van der Waals surface area contributed by atoms with E-state index in [2.05, 4.69) is 54.4 Å². The second-order valence-corrected chi connectivity index (χ2v) is 6.04. The molecule has 1 fully saturated rings. The standard InChI is InChI=1S/C17H28N2/c1-15(2)19-12-10-17(14-19)13-18-11-6-9-16-7-4-3-5-8-16/h3-5,7-8,15,17-18H,6,9-14H2,1-2H3. The SMILES string of the molecule is CC(C)N1CCC(CNCCCc2ccccc2)C1. The number of nitrogens with zero attached hydrogens (tertiary/aromatic N) is 1. The smallest absolute Gasteiger partial charge is 0.00387 e. The topological polar surface area (TPSA) is 15.3 Å². The fourth-order valence-electron chi connectivity index (χ4n) is 2.87. The first-order valence-electron chi connectivity index (χ1n) is 7.74. The Bertz CT molecular complexity index is 348. The van der Waals surface area contributed by atoms with Gasteiger partial charge in [0.1, 0.15) is 0 Å². The van der Waals surface area contributed by atoms with Crippen molar-refractivity contribution in [3.63, 3.8) is 0 Å². The summed E-state index contributed by atoms with van der Waals surface area (Å²) < 4.78 is 0. The average Bonchev–Trinajstić information content (AvgIpc) is 2.89. The lowest BCUT2D eigenvalue weighted by atomic mass is 10.1. The van der Waals surface area contributed by atoms with E-state index in [9.17, 15) is 0 Å². The Morgan fingerprint density at radius 1 is 1.26 bits per heavy atom. The Balaban J connectivity index is 1.53. The molecule has 1 saturated heterocycles. The van der Waals surface area contributed by atoms with Crippen molar-refractivity contribution in [1.82, 2.24) is 10.2 Å². The lowest BCUT2D eigenvalue weighted by molar-refractivity contribution is 0.264. The van der Waals surface area contributed by atoms with Crippen molar-refractivity contribution >= 4 is 0 Å². The van der Waals surface area contributed by atoms with E-state index in [1.807, 2.05) is 0 Å². The van der Waals surface area contributed by atoms with Crippen LogP contribution >= 0.6 is 0 Å². The molecule has 1 heterocycles. The summed E-state index contributed by atoms with van der Waals surface area (Å²) in [5.41, 5.74) is 1.45. The maximum Gasteiger partial charge on any atom is 0.00387 e. The summed E-state index contributed by atoms with van der Waals surface area (Å²) in [7, 11) is 0. The zero-order chi connectivity index (χ0) is 13.5. The summed E-state index contributed by atoms with van der Waals surface area (Å²) in [5.74, 6) is 0.860. The zero-order valence-electron chi connectivity index (χ0n) is 12.4. The number of nitrogens with one attached hydrogen (secondary N) is 1. The molecule has 2 heteroatoms.